The van der Waals surface area contributed by atoms with Crippen molar-refractivity contribution < 1.29 is 5.11 Å². The second-order valence-electron chi connectivity index (χ2n) is 5.80. The molecule has 0 saturated heterocycles. The molecule has 25 heavy (non-hydrogen) atoms. The first kappa shape index (κ1) is 15.3. The molecule has 0 saturated carbocycles. The van der Waals surface area contributed by atoms with Gasteiger partial charge in [0.15, 0.2) is 5.65 Å². The fraction of sp³-hybridized carbons (Fsp3) is 0.250. The van der Waals surface area contributed by atoms with Gasteiger partial charge in [0.05, 0.1) is 41.8 Å². The molecule has 0 aliphatic heterocycles. The van der Waals surface area contributed by atoms with Crippen LogP contribution in [0.15, 0.2) is 35.5 Å². The van der Waals surface area contributed by atoms with E-state index in [1.807, 2.05) is 25.1 Å². The smallest absolute Gasteiger partial charge is 0.323 e. The van der Waals surface area contributed by atoms with E-state index in [2.05, 4.69) is 30.4 Å². The van der Waals surface area contributed by atoms with Gasteiger partial charge in [-0.1, -0.05) is 6.07 Å². The van der Waals surface area contributed by atoms with Crippen LogP contribution in [0.3, 0.4) is 0 Å². The molecule has 4 aromatic rings. The Morgan fingerprint density at radius 1 is 1.28 bits per heavy atom. The summed E-state index contributed by atoms with van der Waals surface area (Å²) in [6.45, 7) is 2.39. The van der Waals surface area contributed by atoms with E-state index in [9.17, 15) is 4.79 Å². The standard InChI is InChI=1S/C16H17N7O2/c1-9(10-2-3-12-13(6-10)22-16(25)21-12)20-14-11-7-19-23(4-5-24)15(11)18-8-17-14/h2-3,6-9,24H,4-5H2,1H3,(H,17,18,20)(H2,21,22,25)/t9-/m1/s1. The molecule has 4 N–H and O–H groups in total. The van der Waals surface area contributed by atoms with Crippen LogP contribution in [0.1, 0.15) is 18.5 Å². The van der Waals surface area contributed by atoms with Gasteiger partial charge in [-0.3, -0.25) is 0 Å². The number of hydrogen-bond acceptors (Lipinski definition) is 6. The van der Waals surface area contributed by atoms with Crippen molar-refractivity contribution in [3.05, 3.63) is 46.8 Å². The molecule has 0 bridgehead atoms. The molecule has 0 aliphatic rings. The lowest BCUT2D eigenvalue weighted by molar-refractivity contribution is 0.271. The summed E-state index contributed by atoms with van der Waals surface area (Å²) in [6, 6.07) is 5.72. The number of imidazole rings is 1. The second kappa shape index (κ2) is 6.02. The Kier molecular flexibility index (Phi) is 3.69. The minimum Gasteiger partial charge on any atom is -0.394 e. The maximum Gasteiger partial charge on any atom is 0.323 e. The number of nitrogens with one attached hydrogen (secondary N) is 3. The van der Waals surface area contributed by atoms with Crippen LogP contribution in [0, 0.1) is 0 Å². The number of benzene rings is 1. The highest BCUT2D eigenvalue weighted by Gasteiger charge is 2.13. The predicted octanol–water partition coefficient (Wildman–Crippen LogP) is 1.16. The molecule has 9 heteroatoms. The number of fused-ring (bicyclic) bond motifs is 2. The van der Waals surface area contributed by atoms with Gasteiger partial charge >= 0.3 is 5.69 Å². The van der Waals surface area contributed by atoms with Crippen LogP contribution < -0.4 is 11.0 Å². The normalized spacial score (nSPS) is 12.7. The number of aliphatic hydroxyl groups excluding tert-OH is 1. The van der Waals surface area contributed by atoms with Gasteiger partial charge in [0, 0.05) is 0 Å². The minimum atomic E-state index is -0.221. The average molecular weight is 339 g/mol. The maximum atomic E-state index is 11.4. The van der Waals surface area contributed by atoms with Crippen molar-refractivity contribution in [1.82, 2.24) is 29.7 Å². The number of aromatic amines is 2. The summed E-state index contributed by atoms with van der Waals surface area (Å²) < 4.78 is 1.64. The number of nitrogens with zero attached hydrogens (tertiary/aromatic N) is 4. The number of rotatable bonds is 5. The molecule has 3 heterocycles. The van der Waals surface area contributed by atoms with Crippen molar-refractivity contribution >= 4 is 27.9 Å². The Labute approximate surface area is 141 Å². The van der Waals surface area contributed by atoms with Crippen molar-refractivity contribution in [2.75, 3.05) is 11.9 Å². The Morgan fingerprint density at radius 3 is 2.96 bits per heavy atom. The van der Waals surface area contributed by atoms with Gasteiger partial charge in [-0.25, -0.2) is 19.4 Å². The third-order valence-electron chi connectivity index (χ3n) is 4.14. The molecule has 0 aliphatic carbocycles. The van der Waals surface area contributed by atoms with Gasteiger partial charge in [0.2, 0.25) is 0 Å². The van der Waals surface area contributed by atoms with Gasteiger partial charge in [0.25, 0.3) is 0 Å². The molecule has 0 radical (unpaired) electrons. The number of aromatic nitrogens is 6. The largest absolute Gasteiger partial charge is 0.394 e. The monoisotopic (exact) mass is 339 g/mol. The van der Waals surface area contributed by atoms with Gasteiger partial charge in [-0.15, -0.1) is 0 Å². The topological polar surface area (TPSA) is 125 Å². The summed E-state index contributed by atoms with van der Waals surface area (Å²) >= 11 is 0. The fourth-order valence-electron chi connectivity index (χ4n) is 2.87. The highest BCUT2D eigenvalue weighted by atomic mass is 16.3. The number of H-pyrrole nitrogens is 2. The summed E-state index contributed by atoms with van der Waals surface area (Å²) in [5, 5.41) is 17.5. The highest BCUT2D eigenvalue weighted by Crippen LogP contribution is 2.25. The van der Waals surface area contributed by atoms with E-state index >= 15 is 0 Å². The molecule has 0 unspecified atom stereocenters. The van der Waals surface area contributed by atoms with Crippen molar-refractivity contribution in [2.45, 2.75) is 19.5 Å². The van der Waals surface area contributed by atoms with E-state index < -0.39 is 0 Å². The lowest BCUT2D eigenvalue weighted by Crippen LogP contribution is -2.09. The third-order valence-corrected chi connectivity index (χ3v) is 4.14. The zero-order valence-electron chi connectivity index (χ0n) is 13.5. The zero-order valence-corrected chi connectivity index (χ0v) is 13.5. The van der Waals surface area contributed by atoms with Crippen LogP contribution in [-0.4, -0.2) is 41.4 Å². The average Bonchev–Trinajstić information content (AvgIpc) is 3.18. The van der Waals surface area contributed by atoms with E-state index in [-0.39, 0.29) is 18.3 Å². The second-order valence-corrected chi connectivity index (χ2v) is 5.80. The molecule has 0 spiro atoms. The quantitative estimate of drug-likeness (QED) is 0.432. The lowest BCUT2D eigenvalue weighted by atomic mass is 10.1. The van der Waals surface area contributed by atoms with E-state index in [1.165, 1.54) is 6.33 Å². The molecule has 9 nitrogen and oxygen atoms in total. The minimum absolute atomic E-state index is 0.00513. The number of aliphatic hydroxyl groups is 1. The summed E-state index contributed by atoms with van der Waals surface area (Å²) in [7, 11) is 0. The lowest BCUT2D eigenvalue weighted by Gasteiger charge is -2.15. The van der Waals surface area contributed by atoms with Crippen LogP contribution in [0.5, 0.6) is 0 Å². The maximum absolute atomic E-state index is 11.4. The zero-order chi connectivity index (χ0) is 17.4. The van der Waals surface area contributed by atoms with Gasteiger partial charge in [-0.2, -0.15) is 5.10 Å². The van der Waals surface area contributed by atoms with Crippen molar-refractivity contribution in [3.63, 3.8) is 0 Å². The molecular weight excluding hydrogens is 322 g/mol. The molecular formula is C16H17N7O2. The first-order chi connectivity index (χ1) is 12.2. The Hall–Kier alpha value is -3.20. The van der Waals surface area contributed by atoms with E-state index in [0.717, 1.165) is 22.0 Å². The summed E-state index contributed by atoms with van der Waals surface area (Å²) in [5.41, 5.74) is 3.00. The van der Waals surface area contributed by atoms with E-state index in [0.29, 0.717) is 18.0 Å². The van der Waals surface area contributed by atoms with Crippen molar-refractivity contribution in [3.8, 4) is 0 Å². The van der Waals surface area contributed by atoms with Gasteiger partial charge in [0.1, 0.15) is 12.1 Å². The molecule has 128 valence electrons. The predicted molar refractivity (Wildman–Crippen MR) is 93.4 cm³/mol. The molecule has 4 rings (SSSR count). The highest BCUT2D eigenvalue weighted by molar-refractivity contribution is 5.86. The molecule has 3 aromatic heterocycles. The molecule has 0 amide bonds. The van der Waals surface area contributed by atoms with E-state index in [1.54, 1.807) is 10.9 Å². The number of hydrogen-bond donors (Lipinski definition) is 4. The Bertz CT molecular complexity index is 1090. The first-order valence-electron chi connectivity index (χ1n) is 7.91. The van der Waals surface area contributed by atoms with Crippen LogP contribution in [0.4, 0.5) is 5.82 Å². The summed E-state index contributed by atoms with van der Waals surface area (Å²) in [4.78, 5) is 25.4. The first-order valence-corrected chi connectivity index (χ1v) is 7.91. The SMILES string of the molecule is C[C@@H](Nc1ncnc2c1cnn2CCO)c1ccc2[nH]c(=O)[nH]c2c1. The Morgan fingerprint density at radius 2 is 2.12 bits per heavy atom. The van der Waals surface area contributed by atoms with Crippen LogP contribution in [0.25, 0.3) is 22.1 Å². The van der Waals surface area contributed by atoms with Gasteiger partial charge in [-0.05, 0) is 24.6 Å². The van der Waals surface area contributed by atoms with Crippen molar-refractivity contribution in [1.29, 1.82) is 0 Å². The van der Waals surface area contributed by atoms with Crippen LogP contribution >= 0.6 is 0 Å². The molecule has 1 atom stereocenters. The number of anilines is 1. The van der Waals surface area contributed by atoms with Crippen molar-refractivity contribution in [2.24, 2.45) is 0 Å². The molecule has 0 fully saturated rings. The third kappa shape index (κ3) is 2.74. The Balaban J connectivity index is 1.66. The summed E-state index contributed by atoms with van der Waals surface area (Å²) in [5.74, 6) is 0.671. The van der Waals surface area contributed by atoms with Crippen LogP contribution in [-0.2, 0) is 6.54 Å². The summed E-state index contributed by atoms with van der Waals surface area (Å²) in [6.07, 6.45) is 3.16. The van der Waals surface area contributed by atoms with Crippen LogP contribution in [0.2, 0.25) is 0 Å². The van der Waals surface area contributed by atoms with E-state index in [4.69, 9.17) is 5.11 Å². The molecule has 1 aromatic carbocycles. The fourth-order valence-corrected chi connectivity index (χ4v) is 2.87. The van der Waals surface area contributed by atoms with Gasteiger partial charge < -0.3 is 20.4 Å².